The summed E-state index contributed by atoms with van der Waals surface area (Å²) in [5.74, 6) is 0. The van der Waals surface area contributed by atoms with Gasteiger partial charge in [0.25, 0.3) is 0 Å². The van der Waals surface area contributed by atoms with Gasteiger partial charge in [0.1, 0.15) is 0 Å². The van der Waals surface area contributed by atoms with Crippen LogP contribution in [-0.2, 0) is 6.54 Å². The van der Waals surface area contributed by atoms with Crippen LogP contribution in [0.1, 0.15) is 46.1 Å². The number of hydrogen-bond donors (Lipinski definition) is 8. The lowest BCUT2D eigenvalue weighted by molar-refractivity contribution is 0.264. The predicted octanol–water partition coefficient (Wildman–Crippen LogP) is 2.70. The molecule has 8 N–H and O–H groups in total. The lowest BCUT2D eigenvalue weighted by Crippen LogP contribution is -2.64. The maximum Gasteiger partial charge on any atom is 0.0561 e. The molecule has 1 aromatic carbocycles. The Kier molecular flexibility index (Phi) is 16.4. The number of benzene rings is 1. The zero-order valence-corrected chi connectivity index (χ0v) is 25.8. The first-order valence-electron chi connectivity index (χ1n) is 15.3. The molecule has 226 valence electrons. The largest absolute Gasteiger partial charge is 0.356 e. The van der Waals surface area contributed by atoms with Gasteiger partial charge in [-0.25, -0.2) is 0 Å². The minimum atomic E-state index is -0.116. The van der Waals surface area contributed by atoms with Gasteiger partial charge in [-0.05, 0) is 56.6 Å². The molecule has 0 unspecified atom stereocenters. The summed E-state index contributed by atoms with van der Waals surface area (Å²) in [5.41, 5.74) is 4.11. The van der Waals surface area contributed by atoms with Crippen LogP contribution in [0.2, 0.25) is 0 Å². The van der Waals surface area contributed by atoms with Gasteiger partial charge in [0.15, 0.2) is 0 Å². The molecule has 1 heterocycles. The smallest absolute Gasteiger partial charge is 0.0561 e. The van der Waals surface area contributed by atoms with E-state index in [1.165, 1.54) is 5.56 Å². The van der Waals surface area contributed by atoms with Gasteiger partial charge in [-0.1, -0.05) is 57.7 Å². The van der Waals surface area contributed by atoms with Gasteiger partial charge in [0.2, 0.25) is 0 Å². The standard InChI is InChI=1S/C32H58N8/c1-7-16-33-24-32(39-21-29-12-14-30(15-13-29)40-28(6)11-10-27(4)5)25-36-19-17-34-22-31(8-2,38-9-3)23-35-18-20-37-26-32/h10-15,33-40H,4,6-9,16-26H2,1-3,5H3/b11-10+. The summed E-state index contributed by atoms with van der Waals surface area (Å²) in [6.45, 7) is 27.8. The van der Waals surface area contributed by atoms with Crippen molar-refractivity contribution < 1.29 is 0 Å². The zero-order chi connectivity index (χ0) is 29.1. The number of anilines is 1. The minimum absolute atomic E-state index is 0.0912. The molecule has 1 aromatic rings. The highest BCUT2D eigenvalue weighted by molar-refractivity contribution is 5.51. The second kappa shape index (κ2) is 19.1. The first-order chi connectivity index (χ1) is 19.4. The van der Waals surface area contributed by atoms with Gasteiger partial charge in [0, 0.05) is 82.4 Å². The van der Waals surface area contributed by atoms with Gasteiger partial charge in [-0.15, -0.1) is 0 Å². The Balaban J connectivity index is 2.03. The van der Waals surface area contributed by atoms with Crippen molar-refractivity contribution in [3.05, 3.63) is 66.4 Å². The molecule has 0 aliphatic carbocycles. The number of nitrogens with one attached hydrogen (secondary N) is 8. The summed E-state index contributed by atoms with van der Waals surface area (Å²) in [5, 5.41) is 29.6. The third kappa shape index (κ3) is 13.1. The third-order valence-corrected chi connectivity index (χ3v) is 7.42. The Bertz CT molecular complexity index is 863. The molecule has 0 aromatic heterocycles. The zero-order valence-electron chi connectivity index (χ0n) is 25.8. The molecule has 0 saturated carbocycles. The summed E-state index contributed by atoms with van der Waals surface area (Å²) < 4.78 is 0. The molecule has 0 radical (unpaired) electrons. The van der Waals surface area contributed by atoms with E-state index in [4.69, 9.17) is 0 Å². The Morgan fingerprint density at radius 1 is 0.825 bits per heavy atom. The van der Waals surface area contributed by atoms with Crippen molar-refractivity contribution in [3.8, 4) is 0 Å². The SMILES string of the molecule is C=C(C)/C=C/C(=C)Nc1ccc(CNC2(CNCCC)CNCCNCC(CC)(NCC)CNCCNC2)cc1. The molecule has 0 bridgehead atoms. The molecule has 40 heavy (non-hydrogen) atoms. The quantitative estimate of drug-likeness (QED) is 0.131. The van der Waals surface area contributed by atoms with Crippen LogP contribution in [-0.4, -0.2) is 83.1 Å². The Hall–Kier alpha value is -2.04. The van der Waals surface area contributed by atoms with Crippen molar-refractivity contribution in [3.63, 3.8) is 0 Å². The fraction of sp³-hybridized carbons (Fsp3) is 0.625. The highest BCUT2D eigenvalue weighted by atomic mass is 15.1. The normalized spacial score (nSPS) is 23.5. The molecule has 1 aliphatic heterocycles. The van der Waals surface area contributed by atoms with Crippen molar-refractivity contribution in [2.24, 2.45) is 0 Å². The van der Waals surface area contributed by atoms with E-state index in [-0.39, 0.29) is 11.1 Å². The van der Waals surface area contributed by atoms with Gasteiger partial charge >= 0.3 is 0 Å². The van der Waals surface area contributed by atoms with Crippen molar-refractivity contribution in [1.82, 2.24) is 37.2 Å². The van der Waals surface area contributed by atoms with Gasteiger partial charge in [-0.3, -0.25) is 0 Å². The maximum absolute atomic E-state index is 4.08. The second-order valence-electron chi connectivity index (χ2n) is 11.2. The number of hydrogen-bond acceptors (Lipinski definition) is 8. The van der Waals surface area contributed by atoms with E-state index in [0.717, 1.165) is 108 Å². The summed E-state index contributed by atoms with van der Waals surface area (Å²) in [4.78, 5) is 0. The van der Waals surface area contributed by atoms with Crippen molar-refractivity contribution in [2.75, 3.05) is 77.3 Å². The van der Waals surface area contributed by atoms with E-state index in [0.29, 0.717) is 0 Å². The first-order valence-corrected chi connectivity index (χ1v) is 15.3. The van der Waals surface area contributed by atoms with E-state index in [9.17, 15) is 0 Å². The van der Waals surface area contributed by atoms with Crippen molar-refractivity contribution in [1.29, 1.82) is 0 Å². The van der Waals surface area contributed by atoms with Crippen LogP contribution in [0.25, 0.3) is 0 Å². The first kappa shape index (κ1) is 34.2. The molecule has 0 atom stereocenters. The molecular weight excluding hydrogens is 496 g/mol. The van der Waals surface area contributed by atoms with E-state index >= 15 is 0 Å². The van der Waals surface area contributed by atoms with E-state index in [2.05, 4.69) is 101 Å². The predicted molar refractivity (Wildman–Crippen MR) is 174 cm³/mol. The van der Waals surface area contributed by atoms with Gasteiger partial charge in [-0.2, -0.15) is 0 Å². The lowest BCUT2D eigenvalue weighted by Gasteiger charge is -2.37. The van der Waals surface area contributed by atoms with Crippen LogP contribution in [0.4, 0.5) is 5.69 Å². The van der Waals surface area contributed by atoms with Gasteiger partial charge < -0.3 is 42.5 Å². The van der Waals surface area contributed by atoms with Gasteiger partial charge in [0.05, 0.1) is 5.54 Å². The average Bonchev–Trinajstić information content (AvgIpc) is 2.95. The molecule has 1 fully saturated rings. The van der Waals surface area contributed by atoms with Crippen LogP contribution in [0.15, 0.2) is 60.8 Å². The Morgan fingerprint density at radius 3 is 1.90 bits per heavy atom. The molecule has 0 spiro atoms. The average molecular weight is 555 g/mol. The Labute approximate surface area is 244 Å². The Morgan fingerprint density at radius 2 is 1.40 bits per heavy atom. The monoisotopic (exact) mass is 554 g/mol. The van der Waals surface area contributed by atoms with E-state index in [1.54, 1.807) is 0 Å². The summed E-state index contributed by atoms with van der Waals surface area (Å²) >= 11 is 0. The number of allylic oxidation sites excluding steroid dienone is 3. The van der Waals surface area contributed by atoms with Crippen molar-refractivity contribution >= 4 is 5.69 Å². The van der Waals surface area contributed by atoms with Crippen molar-refractivity contribution in [2.45, 2.75) is 58.2 Å². The molecule has 0 amide bonds. The molecule has 8 heteroatoms. The fourth-order valence-electron chi connectivity index (χ4n) is 4.95. The molecular formula is C32H58N8. The van der Waals surface area contributed by atoms with Crippen LogP contribution >= 0.6 is 0 Å². The van der Waals surface area contributed by atoms with E-state index in [1.807, 2.05) is 19.1 Å². The third-order valence-electron chi connectivity index (χ3n) is 7.42. The molecule has 1 saturated heterocycles. The molecule has 8 nitrogen and oxygen atoms in total. The van der Waals surface area contributed by atoms with Crippen LogP contribution in [0.3, 0.4) is 0 Å². The summed E-state index contributed by atoms with van der Waals surface area (Å²) in [6.07, 6.45) is 6.13. The fourth-order valence-corrected chi connectivity index (χ4v) is 4.95. The van der Waals surface area contributed by atoms with E-state index < -0.39 is 0 Å². The minimum Gasteiger partial charge on any atom is -0.356 e. The number of likely N-dealkylation sites (N-methyl/N-ethyl adjacent to an activating group) is 1. The number of rotatable bonds is 14. The summed E-state index contributed by atoms with van der Waals surface area (Å²) in [7, 11) is 0. The highest BCUT2D eigenvalue weighted by Gasteiger charge is 2.30. The van der Waals surface area contributed by atoms with Crippen LogP contribution < -0.4 is 42.5 Å². The second-order valence-corrected chi connectivity index (χ2v) is 11.2. The maximum atomic E-state index is 4.08. The highest BCUT2D eigenvalue weighted by Crippen LogP contribution is 2.14. The topological polar surface area (TPSA) is 96.2 Å². The summed E-state index contributed by atoms with van der Waals surface area (Å²) in [6, 6.07) is 8.59. The lowest BCUT2D eigenvalue weighted by atomic mass is 9.95. The molecule has 1 aliphatic rings. The van der Waals surface area contributed by atoms with Crippen LogP contribution in [0.5, 0.6) is 0 Å². The van der Waals surface area contributed by atoms with Crippen LogP contribution in [0, 0.1) is 0 Å². The molecule has 2 rings (SSSR count).